The number of unbranched alkanes of at least 4 members (excludes halogenated alkanes) is 25. The minimum Gasteiger partial charge on any atom is -0.756 e. The number of aliphatic hydroxyl groups excluding tert-OH is 1. The first kappa shape index (κ1) is 56.7. The molecule has 9 heteroatoms. The van der Waals surface area contributed by atoms with Gasteiger partial charge in [-0.1, -0.05) is 198 Å². The number of phosphoric acid groups is 1. The standard InChI is InChI=1S/C49H95N2O6P/c1-6-8-10-11-12-13-14-15-16-17-18-19-20-21-22-23-24-25-26-27-28-29-30-31-32-33-34-35-36-37-38-39-41-43-49(53)50-47(48(52)42-40-9-7-2)46-57-58(54,55)56-45-44-51(3,4)5/h14-15,17-18,20-21,47-48,52H,6-13,16,19,22-46H2,1-5H3,(H-,50,53,54,55)/b15-14-,18-17-,21-20-. The van der Waals surface area contributed by atoms with Crippen molar-refractivity contribution in [2.45, 2.75) is 231 Å². The molecule has 1 amide bonds. The summed E-state index contributed by atoms with van der Waals surface area (Å²) in [6, 6.07) is -0.794. The van der Waals surface area contributed by atoms with Crippen LogP contribution in [0.1, 0.15) is 219 Å². The van der Waals surface area contributed by atoms with Gasteiger partial charge in [0.15, 0.2) is 0 Å². The molecular weight excluding hydrogens is 744 g/mol. The zero-order valence-electron chi connectivity index (χ0n) is 38.8. The number of phosphoric ester groups is 1. The summed E-state index contributed by atoms with van der Waals surface area (Å²) >= 11 is 0. The van der Waals surface area contributed by atoms with E-state index in [2.05, 4.69) is 55.6 Å². The predicted molar refractivity (Wildman–Crippen MR) is 247 cm³/mol. The Morgan fingerprint density at radius 1 is 0.603 bits per heavy atom. The highest BCUT2D eigenvalue weighted by atomic mass is 31.2. The number of nitrogens with one attached hydrogen (secondary N) is 1. The number of rotatable bonds is 44. The van der Waals surface area contributed by atoms with Crippen molar-refractivity contribution in [3.8, 4) is 0 Å². The fourth-order valence-electron chi connectivity index (χ4n) is 6.99. The second-order valence-corrected chi connectivity index (χ2v) is 19.2. The van der Waals surface area contributed by atoms with Crippen molar-refractivity contribution >= 4 is 13.7 Å². The number of hydrogen-bond acceptors (Lipinski definition) is 6. The van der Waals surface area contributed by atoms with Gasteiger partial charge in [-0.15, -0.1) is 0 Å². The Labute approximate surface area is 359 Å². The van der Waals surface area contributed by atoms with Crippen molar-refractivity contribution < 1.29 is 32.9 Å². The Morgan fingerprint density at radius 3 is 1.45 bits per heavy atom. The second kappa shape index (κ2) is 41.1. The Hall–Kier alpha value is -1.28. The van der Waals surface area contributed by atoms with Crippen LogP contribution in [0.3, 0.4) is 0 Å². The molecule has 0 heterocycles. The molecule has 0 aliphatic carbocycles. The summed E-state index contributed by atoms with van der Waals surface area (Å²) in [6.07, 6.45) is 51.3. The van der Waals surface area contributed by atoms with E-state index < -0.39 is 20.0 Å². The van der Waals surface area contributed by atoms with Gasteiger partial charge in [0.25, 0.3) is 7.82 Å². The zero-order chi connectivity index (χ0) is 42.8. The van der Waals surface area contributed by atoms with Crippen LogP contribution >= 0.6 is 7.82 Å². The van der Waals surface area contributed by atoms with Gasteiger partial charge in [-0.2, -0.15) is 0 Å². The van der Waals surface area contributed by atoms with Gasteiger partial charge in [0.2, 0.25) is 5.91 Å². The van der Waals surface area contributed by atoms with Gasteiger partial charge < -0.3 is 28.8 Å². The van der Waals surface area contributed by atoms with E-state index in [0.29, 0.717) is 23.9 Å². The van der Waals surface area contributed by atoms with Gasteiger partial charge >= 0.3 is 0 Å². The minimum atomic E-state index is -4.54. The lowest BCUT2D eigenvalue weighted by atomic mass is 10.0. The van der Waals surface area contributed by atoms with E-state index in [-0.39, 0.29) is 19.1 Å². The molecule has 2 N–H and O–H groups in total. The SMILES string of the molecule is CCCCCCC/C=C\C/C=C\C/C=C\CCCCCCCCCCCCCCCCCCCCC(=O)NC(COP(=O)([O-])OCC[N+](C)(C)C)C(O)CCCCC. The van der Waals surface area contributed by atoms with Crippen LogP contribution in [0.25, 0.3) is 0 Å². The van der Waals surface area contributed by atoms with Crippen LogP contribution in [0.2, 0.25) is 0 Å². The normalized spacial score (nSPS) is 14.5. The fraction of sp³-hybridized carbons (Fsp3) is 0.857. The Kier molecular flexibility index (Phi) is 40.2. The van der Waals surface area contributed by atoms with Crippen LogP contribution in [0.4, 0.5) is 0 Å². The third kappa shape index (κ3) is 42.8. The molecule has 3 atom stereocenters. The number of quaternary nitrogens is 1. The molecule has 58 heavy (non-hydrogen) atoms. The first-order valence-electron chi connectivity index (χ1n) is 24.3. The van der Waals surface area contributed by atoms with Gasteiger partial charge in [-0.05, 0) is 51.4 Å². The second-order valence-electron chi connectivity index (χ2n) is 17.8. The molecule has 0 radical (unpaired) electrons. The number of carbonyl (C=O) groups is 1. The van der Waals surface area contributed by atoms with Crippen molar-refractivity contribution in [3.05, 3.63) is 36.5 Å². The molecule has 0 spiro atoms. The third-order valence-corrected chi connectivity index (χ3v) is 11.8. The Bertz CT molecular complexity index is 1040. The number of nitrogens with zero attached hydrogens (tertiary/aromatic N) is 1. The summed E-state index contributed by atoms with van der Waals surface area (Å²) in [6.45, 7) is 4.54. The fourth-order valence-corrected chi connectivity index (χ4v) is 7.71. The van der Waals surface area contributed by atoms with E-state index in [1.807, 2.05) is 21.1 Å². The number of hydrogen-bond donors (Lipinski definition) is 2. The van der Waals surface area contributed by atoms with Crippen LogP contribution in [0, 0.1) is 0 Å². The molecule has 3 unspecified atom stereocenters. The molecular formula is C49H95N2O6P. The van der Waals surface area contributed by atoms with Crippen LogP contribution < -0.4 is 10.2 Å². The van der Waals surface area contributed by atoms with Crippen molar-refractivity contribution in [2.24, 2.45) is 0 Å². The lowest BCUT2D eigenvalue weighted by Gasteiger charge is -2.30. The maximum Gasteiger partial charge on any atom is 0.268 e. The average molecular weight is 839 g/mol. The Morgan fingerprint density at radius 2 is 1.00 bits per heavy atom. The van der Waals surface area contributed by atoms with E-state index in [0.717, 1.165) is 51.4 Å². The lowest BCUT2D eigenvalue weighted by Crippen LogP contribution is -2.46. The summed E-state index contributed by atoms with van der Waals surface area (Å²) in [4.78, 5) is 25.0. The number of aliphatic hydroxyl groups is 1. The Balaban J connectivity index is 3.72. The topological polar surface area (TPSA) is 108 Å². The molecule has 0 fully saturated rings. The molecule has 342 valence electrons. The summed E-state index contributed by atoms with van der Waals surface area (Å²) in [5.41, 5.74) is 0. The van der Waals surface area contributed by atoms with Crippen molar-refractivity contribution in [3.63, 3.8) is 0 Å². The quantitative estimate of drug-likeness (QED) is 0.0274. The van der Waals surface area contributed by atoms with Gasteiger partial charge in [-0.3, -0.25) is 9.36 Å². The molecule has 0 saturated carbocycles. The summed E-state index contributed by atoms with van der Waals surface area (Å²) < 4.78 is 23.0. The smallest absolute Gasteiger partial charge is 0.268 e. The largest absolute Gasteiger partial charge is 0.756 e. The number of carbonyl (C=O) groups excluding carboxylic acids is 1. The highest BCUT2D eigenvalue weighted by molar-refractivity contribution is 7.45. The number of amides is 1. The molecule has 0 aromatic carbocycles. The summed E-state index contributed by atoms with van der Waals surface area (Å²) in [7, 11) is 1.30. The molecule has 0 rings (SSSR count). The van der Waals surface area contributed by atoms with E-state index in [1.165, 1.54) is 141 Å². The van der Waals surface area contributed by atoms with E-state index >= 15 is 0 Å². The monoisotopic (exact) mass is 839 g/mol. The highest BCUT2D eigenvalue weighted by Gasteiger charge is 2.24. The number of allylic oxidation sites excluding steroid dienone is 6. The first-order chi connectivity index (χ1) is 28.0. The molecule has 0 saturated heterocycles. The van der Waals surface area contributed by atoms with Crippen LogP contribution in [-0.4, -0.2) is 68.5 Å². The third-order valence-electron chi connectivity index (χ3n) is 10.9. The molecule has 8 nitrogen and oxygen atoms in total. The van der Waals surface area contributed by atoms with Gasteiger partial charge in [0.05, 0.1) is 39.9 Å². The average Bonchev–Trinajstić information content (AvgIpc) is 3.17. The maximum absolute atomic E-state index is 12.7. The highest BCUT2D eigenvalue weighted by Crippen LogP contribution is 2.38. The molecule has 0 aliphatic heterocycles. The van der Waals surface area contributed by atoms with Crippen molar-refractivity contribution in [1.82, 2.24) is 5.32 Å². The van der Waals surface area contributed by atoms with Crippen LogP contribution in [0.5, 0.6) is 0 Å². The van der Waals surface area contributed by atoms with Gasteiger partial charge in [-0.25, -0.2) is 0 Å². The van der Waals surface area contributed by atoms with Gasteiger partial charge in [0, 0.05) is 6.42 Å². The number of likely N-dealkylation sites (N-methyl/N-ethyl adjacent to an activating group) is 1. The van der Waals surface area contributed by atoms with Crippen molar-refractivity contribution in [2.75, 3.05) is 40.9 Å². The molecule has 0 aliphatic rings. The zero-order valence-corrected chi connectivity index (χ0v) is 39.6. The molecule has 0 aromatic heterocycles. The van der Waals surface area contributed by atoms with E-state index in [9.17, 15) is 19.4 Å². The summed E-state index contributed by atoms with van der Waals surface area (Å²) in [5, 5.41) is 13.6. The molecule has 0 bridgehead atoms. The first-order valence-corrected chi connectivity index (χ1v) is 25.8. The van der Waals surface area contributed by atoms with Crippen LogP contribution in [-0.2, 0) is 18.4 Å². The van der Waals surface area contributed by atoms with E-state index in [1.54, 1.807) is 0 Å². The maximum atomic E-state index is 12.7. The predicted octanol–water partition coefficient (Wildman–Crippen LogP) is 13.2. The molecule has 0 aromatic rings. The minimum absolute atomic E-state index is 0.0111. The summed E-state index contributed by atoms with van der Waals surface area (Å²) in [5.74, 6) is -0.176. The van der Waals surface area contributed by atoms with Gasteiger partial charge in [0.1, 0.15) is 13.2 Å². The van der Waals surface area contributed by atoms with E-state index in [4.69, 9.17) is 9.05 Å². The lowest BCUT2D eigenvalue weighted by molar-refractivity contribution is -0.870. The van der Waals surface area contributed by atoms with Crippen LogP contribution in [0.15, 0.2) is 36.5 Å². The van der Waals surface area contributed by atoms with Crippen molar-refractivity contribution in [1.29, 1.82) is 0 Å².